The lowest BCUT2D eigenvalue weighted by Crippen LogP contribution is -2.28. The number of benzene rings is 2. The van der Waals surface area contributed by atoms with Crippen molar-refractivity contribution < 1.29 is 13.6 Å². The van der Waals surface area contributed by atoms with E-state index in [1.165, 1.54) is 22.9 Å². The van der Waals surface area contributed by atoms with Gasteiger partial charge < -0.3 is 8.83 Å². The molecule has 1 aliphatic heterocycles. The first-order valence-electron chi connectivity index (χ1n) is 9.70. The van der Waals surface area contributed by atoms with Crippen LogP contribution >= 0.6 is 11.8 Å². The summed E-state index contributed by atoms with van der Waals surface area (Å²) in [6.07, 6.45) is 3.39. The molecule has 7 heteroatoms. The molecule has 0 aliphatic carbocycles. The van der Waals surface area contributed by atoms with Crippen LogP contribution in [0.5, 0.6) is 0 Å². The van der Waals surface area contributed by atoms with E-state index in [1.807, 2.05) is 48.2 Å². The fraction of sp³-hybridized carbons (Fsp3) is 0.174. The number of para-hydroxylation sites is 2. The van der Waals surface area contributed by atoms with Gasteiger partial charge in [-0.1, -0.05) is 48.2 Å². The quantitative estimate of drug-likeness (QED) is 0.425. The second-order valence-corrected chi connectivity index (χ2v) is 7.97. The molecule has 1 aliphatic rings. The summed E-state index contributed by atoms with van der Waals surface area (Å²) in [4.78, 5) is 15.2. The number of carbonyl (C=O) groups is 1. The van der Waals surface area contributed by atoms with Crippen molar-refractivity contribution in [2.45, 2.75) is 25.0 Å². The van der Waals surface area contributed by atoms with E-state index in [1.54, 1.807) is 12.3 Å². The highest BCUT2D eigenvalue weighted by atomic mass is 32.2. The Morgan fingerprint density at radius 3 is 2.30 bits per heavy atom. The lowest BCUT2D eigenvalue weighted by atomic mass is 10.0. The van der Waals surface area contributed by atoms with Crippen LogP contribution in [0.25, 0.3) is 11.5 Å². The monoisotopic (exact) mass is 417 g/mol. The van der Waals surface area contributed by atoms with Crippen LogP contribution < -0.4 is 4.90 Å². The normalized spacial score (nSPS) is 12.9. The lowest BCUT2D eigenvalue weighted by Gasteiger charge is -2.24. The molecule has 2 aromatic carbocycles. The highest BCUT2D eigenvalue weighted by Gasteiger charge is 2.26. The number of carbonyl (C=O) groups excluding carboxylic acids is 1. The molecular formula is C23H19N3O3S. The number of anilines is 2. The van der Waals surface area contributed by atoms with Crippen molar-refractivity contribution in [2.24, 2.45) is 0 Å². The van der Waals surface area contributed by atoms with E-state index < -0.39 is 0 Å². The zero-order valence-corrected chi connectivity index (χ0v) is 17.2. The Hall–Kier alpha value is -3.32. The van der Waals surface area contributed by atoms with Gasteiger partial charge in [0.15, 0.2) is 0 Å². The zero-order valence-electron chi connectivity index (χ0n) is 16.4. The van der Waals surface area contributed by atoms with E-state index in [9.17, 15) is 4.79 Å². The number of fused-ring (bicyclic) bond motifs is 2. The SMILES string of the molecule is Cc1occc1-c1nnc(SCC(=O)N2c3ccccc3CCc3ccccc32)o1. The molecule has 2 aromatic heterocycles. The van der Waals surface area contributed by atoms with E-state index in [2.05, 4.69) is 22.3 Å². The Balaban J connectivity index is 1.40. The van der Waals surface area contributed by atoms with Gasteiger partial charge in [-0.05, 0) is 49.1 Å². The summed E-state index contributed by atoms with van der Waals surface area (Å²) in [5, 5.41) is 8.50. The maximum absolute atomic E-state index is 13.3. The maximum atomic E-state index is 13.3. The van der Waals surface area contributed by atoms with Crippen LogP contribution in [0.15, 0.2) is 74.9 Å². The Morgan fingerprint density at radius 2 is 1.67 bits per heavy atom. The Morgan fingerprint density at radius 1 is 1.00 bits per heavy atom. The summed E-state index contributed by atoms with van der Waals surface area (Å²) in [5.41, 5.74) is 4.97. The van der Waals surface area contributed by atoms with Crippen LogP contribution in [-0.2, 0) is 17.6 Å². The van der Waals surface area contributed by atoms with Crippen LogP contribution in [-0.4, -0.2) is 21.9 Å². The Kier molecular flexibility index (Phi) is 4.88. The Labute approximate surface area is 177 Å². The number of nitrogens with zero attached hydrogens (tertiary/aromatic N) is 3. The molecule has 30 heavy (non-hydrogen) atoms. The van der Waals surface area contributed by atoms with Crippen molar-refractivity contribution in [3.63, 3.8) is 0 Å². The van der Waals surface area contributed by atoms with Crippen molar-refractivity contribution >= 4 is 29.0 Å². The third-order valence-electron chi connectivity index (χ3n) is 5.19. The van der Waals surface area contributed by atoms with Gasteiger partial charge in [-0.3, -0.25) is 9.69 Å². The van der Waals surface area contributed by atoms with Gasteiger partial charge in [0, 0.05) is 0 Å². The van der Waals surface area contributed by atoms with Crippen LogP contribution in [0.4, 0.5) is 11.4 Å². The van der Waals surface area contributed by atoms with Gasteiger partial charge in [-0.15, -0.1) is 10.2 Å². The van der Waals surface area contributed by atoms with E-state index in [0.717, 1.165) is 29.8 Å². The second kappa shape index (κ2) is 7.84. The molecular weight excluding hydrogens is 398 g/mol. The third kappa shape index (κ3) is 3.41. The van der Waals surface area contributed by atoms with Gasteiger partial charge in [0.25, 0.3) is 11.1 Å². The first-order valence-corrected chi connectivity index (χ1v) is 10.7. The molecule has 0 radical (unpaired) electrons. The van der Waals surface area contributed by atoms with Crippen molar-refractivity contribution in [3.05, 3.63) is 77.7 Å². The number of thioether (sulfide) groups is 1. The maximum Gasteiger partial charge on any atom is 0.277 e. The fourth-order valence-electron chi connectivity index (χ4n) is 3.72. The number of hydrogen-bond acceptors (Lipinski definition) is 6. The van der Waals surface area contributed by atoms with Crippen molar-refractivity contribution in [3.8, 4) is 11.5 Å². The molecule has 0 fully saturated rings. The first-order chi connectivity index (χ1) is 14.7. The number of aromatic nitrogens is 2. The van der Waals surface area contributed by atoms with Gasteiger partial charge >= 0.3 is 0 Å². The predicted octanol–water partition coefficient (Wildman–Crippen LogP) is 5.19. The van der Waals surface area contributed by atoms with Crippen LogP contribution in [0, 0.1) is 6.92 Å². The molecule has 0 atom stereocenters. The molecule has 0 unspecified atom stereocenters. The molecule has 0 spiro atoms. The van der Waals surface area contributed by atoms with Gasteiger partial charge in [-0.2, -0.15) is 0 Å². The standard InChI is InChI=1S/C23H19N3O3S/c1-15-18(12-13-28-15)22-24-25-23(29-22)30-14-21(27)26-19-8-4-2-6-16(19)10-11-17-7-3-5-9-20(17)26/h2-9,12-13H,10-11,14H2,1H3. The molecule has 3 heterocycles. The topological polar surface area (TPSA) is 72.4 Å². The summed E-state index contributed by atoms with van der Waals surface area (Å²) >= 11 is 1.24. The van der Waals surface area contributed by atoms with Gasteiger partial charge in [-0.25, -0.2) is 0 Å². The van der Waals surface area contributed by atoms with Crippen molar-refractivity contribution in [2.75, 3.05) is 10.7 Å². The van der Waals surface area contributed by atoms with Gasteiger partial charge in [0.1, 0.15) is 5.76 Å². The number of aryl methyl sites for hydroxylation is 3. The van der Waals surface area contributed by atoms with Crippen LogP contribution in [0.1, 0.15) is 16.9 Å². The lowest BCUT2D eigenvalue weighted by molar-refractivity contribution is -0.115. The highest BCUT2D eigenvalue weighted by molar-refractivity contribution is 7.99. The van der Waals surface area contributed by atoms with E-state index in [4.69, 9.17) is 8.83 Å². The van der Waals surface area contributed by atoms with Crippen molar-refractivity contribution in [1.29, 1.82) is 0 Å². The number of furan rings is 1. The summed E-state index contributed by atoms with van der Waals surface area (Å²) in [6, 6.07) is 18.0. The predicted molar refractivity (Wildman–Crippen MR) is 115 cm³/mol. The minimum Gasteiger partial charge on any atom is -0.469 e. The highest BCUT2D eigenvalue weighted by Crippen LogP contribution is 2.37. The molecule has 150 valence electrons. The van der Waals surface area contributed by atoms with Gasteiger partial charge in [0.05, 0.1) is 29.0 Å². The number of amides is 1. The Bertz CT molecular complexity index is 1170. The largest absolute Gasteiger partial charge is 0.469 e. The first kappa shape index (κ1) is 18.7. The number of hydrogen-bond donors (Lipinski definition) is 0. The summed E-state index contributed by atoms with van der Waals surface area (Å²) in [5.74, 6) is 1.26. The second-order valence-electron chi connectivity index (χ2n) is 7.04. The molecule has 1 amide bonds. The minimum absolute atomic E-state index is 0.0268. The van der Waals surface area contributed by atoms with Crippen molar-refractivity contribution in [1.82, 2.24) is 10.2 Å². The molecule has 0 bridgehead atoms. The van der Waals surface area contributed by atoms with Gasteiger partial charge in [0.2, 0.25) is 5.91 Å². The van der Waals surface area contributed by atoms with E-state index in [0.29, 0.717) is 16.9 Å². The van der Waals surface area contributed by atoms with E-state index >= 15 is 0 Å². The average molecular weight is 417 g/mol. The molecule has 5 rings (SSSR count). The molecule has 0 saturated carbocycles. The average Bonchev–Trinajstić information content (AvgIpc) is 3.37. The van der Waals surface area contributed by atoms with E-state index in [-0.39, 0.29) is 11.7 Å². The molecule has 6 nitrogen and oxygen atoms in total. The fourth-order valence-corrected chi connectivity index (χ4v) is 4.33. The van der Waals surface area contributed by atoms with Crippen LogP contribution in [0.2, 0.25) is 0 Å². The van der Waals surface area contributed by atoms with Crippen LogP contribution in [0.3, 0.4) is 0 Å². The minimum atomic E-state index is -0.0268. The molecule has 0 N–H and O–H groups in total. The smallest absolute Gasteiger partial charge is 0.277 e. The molecule has 4 aromatic rings. The third-order valence-corrected chi connectivity index (χ3v) is 6.00. The molecule has 0 saturated heterocycles. The summed E-state index contributed by atoms with van der Waals surface area (Å²) in [6.45, 7) is 1.84. The zero-order chi connectivity index (χ0) is 20.5. The number of rotatable bonds is 4. The summed E-state index contributed by atoms with van der Waals surface area (Å²) < 4.78 is 11.0. The summed E-state index contributed by atoms with van der Waals surface area (Å²) in [7, 11) is 0.